The van der Waals surface area contributed by atoms with Gasteiger partial charge in [-0.05, 0) is 43.7 Å². The lowest BCUT2D eigenvalue weighted by molar-refractivity contribution is -0.132. The molecule has 0 spiro atoms. The van der Waals surface area contributed by atoms with E-state index >= 15 is 0 Å². The molecule has 1 aromatic heterocycles. The van der Waals surface area contributed by atoms with Crippen molar-refractivity contribution < 1.29 is 13.6 Å². The summed E-state index contributed by atoms with van der Waals surface area (Å²) >= 11 is 0. The van der Waals surface area contributed by atoms with Gasteiger partial charge in [0.15, 0.2) is 11.6 Å². The Balaban J connectivity index is 1.77. The van der Waals surface area contributed by atoms with E-state index in [9.17, 15) is 18.4 Å². The molecule has 0 bridgehead atoms. The van der Waals surface area contributed by atoms with E-state index < -0.39 is 17.7 Å². The van der Waals surface area contributed by atoms with Gasteiger partial charge >= 0.3 is 5.69 Å². The van der Waals surface area contributed by atoms with Crippen molar-refractivity contribution >= 4 is 16.9 Å². The Morgan fingerprint density at radius 2 is 1.71 bits per heavy atom. The molecule has 1 amide bonds. The molecule has 0 fully saturated rings. The molecule has 1 unspecified atom stereocenters. The zero-order chi connectivity index (χ0) is 20.4. The summed E-state index contributed by atoms with van der Waals surface area (Å²) < 4.78 is 29.9. The molecular formula is C21H23F2N3O2. The van der Waals surface area contributed by atoms with Gasteiger partial charge in [-0.3, -0.25) is 13.9 Å². The molecule has 28 heavy (non-hydrogen) atoms. The number of carbonyl (C=O) groups excluding carboxylic acids is 1. The highest BCUT2D eigenvalue weighted by atomic mass is 19.2. The number of rotatable bonds is 6. The zero-order valence-electron chi connectivity index (χ0n) is 16.2. The van der Waals surface area contributed by atoms with Crippen LogP contribution in [-0.2, 0) is 17.9 Å². The van der Waals surface area contributed by atoms with Crippen molar-refractivity contribution in [3.05, 3.63) is 70.1 Å². The summed E-state index contributed by atoms with van der Waals surface area (Å²) in [7, 11) is 1.62. The van der Waals surface area contributed by atoms with Gasteiger partial charge in [0.25, 0.3) is 0 Å². The van der Waals surface area contributed by atoms with Gasteiger partial charge < -0.3 is 4.90 Å². The fraction of sp³-hybridized carbons (Fsp3) is 0.333. The Morgan fingerprint density at radius 3 is 2.32 bits per heavy atom. The molecule has 0 N–H and O–H groups in total. The fourth-order valence-electron chi connectivity index (χ4n) is 3.39. The van der Waals surface area contributed by atoms with E-state index in [-0.39, 0.29) is 24.6 Å². The number of carbonyl (C=O) groups is 1. The number of nitrogens with zero attached hydrogens (tertiary/aromatic N) is 3. The van der Waals surface area contributed by atoms with E-state index in [2.05, 4.69) is 0 Å². The van der Waals surface area contributed by atoms with E-state index in [1.807, 2.05) is 31.2 Å². The summed E-state index contributed by atoms with van der Waals surface area (Å²) in [5.74, 6) is -2.04. The first-order valence-electron chi connectivity index (χ1n) is 9.23. The van der Waals surface area contributed by atoms with E-state index in [0.717, 1.165) is 23.2 Å². The molecule has 7 heteroatoms. The second-order valence-electron chi connectivity index (χ2n) is 6.77. The van der Waals surface area contributed by atoms with Crippen molar-refractivity contribution in [2.24, 2.45) is 0 Å². The van der Waals surface area contributed by atoms with Crippen molar-refractivity contribution in [3.63, 3.8) is 0 Å². The monoisotopic (exact) mass is 387 g/mol. The Bertz CT molecular complexity index is 1070. The number of fused-ring (bicyclic) bond motifs is 1. The van der Waals surface area contributed by atoms with Gasteiger partial charge in [0.05, 0.1) is 17.1 Å². The SMILES string of the molecule is CCn1c(=O)n(CCC(=O)N(C)C(C)c2ccc(F)c(F)c2)c2ccccc21. The Morgan fingerprint density at radius 1 is 1.07 bits per heavy atom. The molecule has 148 valence electrons. The molecule has 5 nitrogen and oxygen atoms in total. The van der Waals surface area contributed by atoms with Crippen LogP contribution in [0.15, 0.2) is 47.3 Å². The molecule has 2 aromatic carbocycles. The minimum absolute atomic E-state index is 0.127. The number of imidazole rings is 1. The van der Waals surface area contributed by atoms with Crippen LogP contribution in [0.25, 0.3) is 11.0 Å². The maximum atomic E-state index is 13.5. The molecule has 1 atom stereocenters. The summed E-state index contributed by atoms with van der Waals surface area (Å²) in [6.45, 7) is 4.45. The third-order valence-corrected chi connectivity index (χ3v) is 5.19. The quantitative estimate of drug-likeness (QED) is 0.647. The maximum absolute atomic E-state index is 13.5. The predicted octanol–water partition coefficient (Wildman–Crippen LogP) is 3.71. The summed E-state index contributed by atoms with van der Waals surface area (Å²) in [5.41, 5.74) is 1.99. The van der Waals surface area contributed by atoms with E-state index in [0.29, 0.717) is 12.1 Å². The molecule has 0 aliphatic carbocycles. The number of para-hydroxylation sites is 2. The average molecular weight is 387 g/mol. The highest BCUT2D eigenvalue weighted by Crippen LogP contribution is 2.22. The fourth-order valence-corrected chi connectivity index (χ4v) is 3.39. The molecule has 3 aromatic rings. The van der Waals surface area contributed by atoms with Crippen molar-refractivity contribution in [2.75, 3.05) is 7.05 Å². The third-order valence-electron chi connectivity index (χ3n) is 5.19. The lowest BCUT2D eigenvalue weighted by Gasteiger charge is -2.25. The van der Waals surface area contributed by atoms with Crippen LogP contribution in [0.2, 0.25) is 0 Å². The largest absolute Gasteiger partial charge is 0.339 e. The van der Waals surface area contributed by atoms with Gasteiger partial charge in [-0.1, -0.05) is 18.2 Å². The Kier molecular flexibility index (Phi) is 5.63. The zero-order valence-corrected chi connectivity index (χ0v) is 16.2. The normalized spacial score (nSPS) is 12.3. The van der Waals surface area contributed by atoms with Crippen molar-refractivity contribution in [2.45, 2.75) is 39.4 Å². The molecule has 0 aliphatic rings. The number of hydrogen-bond acceptors (Lipinski definition) is 2. The number of aryl methyl sites for hydroxylation is 2. The van der Waals surface area contributed by atoms with Crippen LogP contribution in [0.4, 0.5) is 8.78 Å². The van der Waals surface area contributed by atoms with Gasteiger partial charge in [0.1, 0.15) is 0 Å². The summed E-state index contributed by atoms with van der Waals surface area (Å²) in [4.78, 5) is 26.8. The lowest BCUT2D eigenvalue weighted by Crippen LogP contribution is -2.32. The lowest BCUT2D eigenvalue weighted by atomic mass is 10.1. The molecule has 0 radical (unpaired) electrons. The predicted molar refractivity (Wildman–Crippen MR) is 104 cm³/mol. The van der Waals surface area contributed by atoms with Crippen LogP contribution in [-0.4, -0.2) is 27.0 Å². The minimum Gasteiger partial charge on any atom is -0.339 e. The second kappa shape index (κ2) is 7.96. The van der Waals surface area contributed by atoms with Crippen molar-refractivity contribution in [3.8, 4) is 0 Å². The first-order valence-corrected chi connectivity index (χ1v) is 9.23. The topological polar surface area (TPSA) is 47.2 Å². The summed E-state index contributed by atoms with van der Waals surface area (Å²) in [6, 6.07) is 10.7. The number of hydrogen-bond donors (Lipinski definition) is 0. The number of aromatic nitrogens is 2. The summed E-state index contributed by atoms with van der Waals surface area (Å²) in [5, 5.41) is 0. The highest BCUT2D eigenvalue weighted by Gasteiger charge is 2.20. The van der Waals surface area contributed by atoms with E-state index in [4.69, 9.17) is 0 Å². The Labute approximate surface area is 161 Å². The second-order valence-corrected chi connectivity index (χ2v) is 6.77. The standard InChI is InChI=1S/C21H23F2N3O2/c1-4-25-18-7-5-6-8-19(18)26(21(25)28)12-11-20(27)24(3)14(2)15-9-10-16(22)17(23)13-15/h5-10,13-14H,4,11-12H2,1-3H3. The van der Waals surface area contributed by atoms with Crippen LogP contribution in [0.1, 0.15) is 31.9 Å². The van der Waals surface area contributed by atoms with Gasteiger partial charge in [-0.2, -0.15) is 0 Å². The average Bonchev–Trinajstić information content (AvgIpc) is 2.97. The van der Waals surface area contributed by atoms with Crippen LogP contribution >= 0.6 is 0 Å². The van der Waals surface area contributed by atoms with E-state index in [1.54, 1.807) is 23.1 Å². The molecule has 0 saturated heterocycles. The van der Waals surface area contributed by atoms with Crippen molar-refractivity contribution in [1.29, 1.82) is 0 Å². The molecule has 0 aliphatic heterocycles. The van der Waals surface area contributed by atoms with Crippen LogP contribution in [0.3, 0.4) is 0 Å². The number of amides is 1. The number of halogens is 2. The molecular weight excluding hydrogens is 364 g/mol. The first-order chi connectivity index (χ1) is 13.3. The van der Waals surface area contributed by atoms with Crippen molar-refractivity contribution in [1.82, 2.24) is 14.0 Å². The molecule has 3 rings (SSSR count). The Hall–Kier alpha value is -2.96. The van der Waals surface area contributed by atoms with Gasteiger partial charge in [0, 0.05) is 26.6 Å². The minimum atomic E-state index is -0.941. The smallest absolute Gasteiger partial charge is 0.329 e. The maximum Gasteiger partial charge on any atom is 0.329 e. The molecule has 1 heterocycles. The van der Waals surface area contributed by atoms with Gasteiger partial charge in [-0.15, -0.1) is 0 Å². The van der Waals surface area contributed by atoms with Gasteiger partial charge in [0.2, 0.25) is 5.91 Å². The highest BCUT2D eigenvalue weighted by molar-refractivity contribution is 5.78. The first kappa shape index (κ1) is 19.8. The number of benzene rings is 2. The van der Waals surface area contributed by atoms with Gasteiger partial charge in [-0.25, -0.2) is 13.6 Å². The van der Waals surface area contributed by atoms with Crippen LogP contribution in [0.5, 0.6) is 0 Å². The third kappa shape index (κ3) is 3.56. The van der Waals surface area contributed by atoms with E-state index in [1.165, 1.54) is 11.0 Å². The summed E-state index contributed by atoms with van der Waals surface area (Å²) in [6.07, 6.45) is 0.127. The van der Waals surface area contributed by atoms with Crippen LogP contribution in [0, 0.1) is 11.6 Å². The molecule has 0 saturated carbocycles. The van der Waals surface area contributed by atoms with Crippen LogP contribution < -0.4 is 5.69 Å².